The van der Waals surface area contributed by atoms with Gasteiger partial charge in [-0.2, -0.15) is 5.10 Å². The number of nitrogens with one attached hydrogen (secondary N) is 2. The highest BCUT2D eigenvalue weighted by atomic mass is 16.6. The number of methoxy groups -OCH3 is 1. The van der Waals surface area contributed by atoms with Crippen molar-refractivity contribution in [3.63, 3.8) is 0 Å². The predicted molar refractivity (Wildman–Crippen MR) is 179 cm³/mol. The second-order valence-electron chi connectivity index (χ2n) is 9.78. The standard InChI is InChI=1S/C35H32N4O9/c1-4-46-29-16-14-26(21-32(29)47-5-2)34(41)37-27-10-7-9-25(20-27)35(42)38-36-22-24-12-15-30(31(19-24)45-3)48-33(40)17-13-23-8-6-11-28(18-23)39(43)44/h6-22H,4-5H2,1-3H3,(H,37,41)(H,38,42)/b17-13+,36-22?. The summed E-state index contributed by atoms with van der Waals surface area (Å²) in [5.74, 6) is -0.276. The van der Waals surface area contributed by atoms with Gasteiger partial charge in [0.25, 0.3) is 17.5 Å². The highest BCUT2D eigenvalue weighted by Crippen LogP contribution is 2.29. The summed E-state index contributed by atoms with van der Waals surface area (Å²) >= 11 is 0. The number of hydrogen-bond acceptors (Lipinski definition) is 10. The maximum absolute atomic E-state index is 12.9. The van der Waals surface area contributed by atoms with Gasteiger partial charge in [-0.25, -0.2) is 10.2 Å². The Balaban J connectivity index is 1.35. The van der Waals surface area contributed by atoms with E-state index in [1.165, 1.54) is 49.7 Å². The van der Waals surface area contributed by atoms with Crippen LogP contribution in [0.4, 0.5) is 11.4 Å². The van der Waals surface area contributed by atoms with Gasteiger partial charge >= 0.3 is 5.97 Å². The predicted octanol–water partition coefficient (Wildman–Crippen LogP) is 6.04. The largest absolute Gasteiger partial charge is 0.493 e. The zero-order valence-corrected chi connectivity index (χ0v) is 26.3. The number of esters is 1. The molecule has 246 valence electrons. The minimum absolute atomic E-state index is 0.101. The Morgan fingerprint density at radius 3 is 2.27 bits per heavy atom. The lowest BCUT2D eigenvalue weighted by molar-refractivity contribution is -0.384. The molecular formula is C35H32N4O9. The van der Waals surface area contributed by atoms with Gasteiger partial charge in [-0.05, 0) is 85.6 Å². The van der Waals surface area contributed by atoms with Gasteiger partial charge in [-0.15, -0.1) is 0 Å². The molecule has 4 rings (SSSR count). The molecule has 0 aliphatic heterocycles. The number of nitro benzene ring substituents is 1. The highest BCUT2D eigenvalue weighted by Gasteiger charge is 2.14. The number of benzene rings is 4. The number of ether oxygens (including phenoxy) is 4. The van der Waals surface area contributed by atoms with Crippen molar-refractivity contribution in [1.29, 1.82) is 0 Å². The molecule has 0 fully saturated rings. The Morgan fingerprint density at radius 2 is 1.52 bits per heavy atom. The SMILES string of the molecule is CCOc1ccc(C(=O)Nc2cccc(C(=O)NN=Cc3ccc(OC(=O)/C=C/c4cccc([N+](=O)[O-])c4)c(OC)c3)c2)cc1OCC. The number of nitrogens with zero attached hydrogens (tertiary/aromatic N) is 2. The third-order valence-electron chi connectivity index (χ3n) is 6.46. The van der Waals surface area contributed by atoms with Crippen molar-refractivity contribution in [3.05, 3.63) is 123 Å². The monoisotopic (exact) mass is 652 g/mol. The van der Waals surface area contributed by atoms with Crippen molar-refractivity contribution in [2.75, 3.05) is 25.6 Å². The fraction of sp³-hybridized carbons (Fsp3) is 0.143. The van der Waals surface area contributed by atoms with Crippen molar-refractivity contribution < 1.29 is 38.3 Å². The number of amides is 2. The van der Waals surface area contributed by atoms with Crippen molar-refractivity contribution in [3.8, 4) is 23.0 Å². The van der Waals surface area contributed by atoms with Crippen LogP contribution in [-0.2, 0) is 4.79 Å². The number of anilines is 1. The Hall–Kier alpha value is -6.50. The smallest absolute Gasteiger partial charge is 0.336 e. The Labute approximate surface area is 275 Å². The van der Waals surface area contributed by atoms with Crippen LogP contribution in [0.25, 0.3) is 6.08 Å². The lowest BCUT2D eigenvalue weighted by Crippen LogP contribution is -2.18. The van der Waals surface area contributed by atoms with E-state index in [1.807, 2.05) is 13.8 Å². The number of non-ortho nitro benzene ring substituents is 1. The maximum atomic E-state index is 12.9. The third-order valence-corrected chi connectivity index (χ3v) is 6.46. The van der Waals surface area contributed by atoms with Crippen LogP contribution in [0.5, 0.6) is 23.0 Å². The molecule has 13 heteroatoms. The van der Waals surface area contributed by atoms with E-state index in [9.17, 15) is 24.5 Å². The molecule has 0 unspecified atom stereocenters. The molecule has 0 aliphatic rings. The minimum Gasteiger partial charge on any atom is -0.493 e. The number of carbonyl (C=O) groups excluding carboxylic acids is 3. The lowest BCUT2D eigenvalue weighted by atomic mass is 10.1. The van der Waals surface area contributed by atoms with Crippen LogP contribution in [-0.4, -0.2) is 49.2 Å². The highest BCUT2D eigenvalue weighted by molar-refractivity contribution is 6.05. The van der Waals surface area contributed by atoms with E-state index in [0.717, 1.165) is 6.08 Å². The van der Waals surface area contributed by atoms with Gasteiger partial charge in [-0.1, -0.05) is 18.2 Å². The van der Waals surface area contributed by atoms with Gasteiger partial charge in [-0.3, -0.25) is 19.7 Å². The van der Waals surface area contributed by atoms with E-state index < -0.39 is 22.7 Å². The zero-order chi connectivity index (χ0) is 34.5. The Bertz CT molecular complexity index is 1870. The second kappa shape index (κ2) is 16.7. The molecule has 2 N–H and O–H groups in total. The summed E-state index contributed by atoms with van der Waals surface area (Å²) in [5.41, 5.74) is 4.33. The van der Waals surface area contributed by atoms with Crippen LogP contribution in [0.2, 0.25) is 0 Å². The van der Waals surface area contributed by atoms with Crippen LogP contribution in [0.3, 0.4) is 0 Å². The molecule has 0 heterocycles. The zero-order valence-electron chi connectivity index (χ0n) is 26.3. The second-order valence-corrected chi connectivity index (χ2v) is 9.78. The first-order valence-electron chi connectivity index (χ1n) is 14.7. The Morgan fingerprint density at radius 1 is 0.792 bits per heavy atom. The normalized spacial score (nSPS) is 10.8. The van der Waals surface area contributed by atoms with Gasteiger partial charge in [0.05, 0.1) is 31.5 Å². The van der Waals surface area contributed by atoms with Crippen LogP contribution in [0.15, 0.2) is 96.1 Å². The van der Waals surface area contributed by atoms with E-state index >= 15 is 0 Å². The molecule has 4 aromatic rings. The summed E-state index contributed by atoms with van der Waals surface area (Å²) in [4.78, 5) is 48.5. The molecule has 0 saturated heterocycles. The van der Waals surface area contributed by atoms with Crippen LogP contribution in [0, 0.1) is 10.1 Å². The molecule has 0 radical (unpaired) electrons. The first-order chi connectivity index (χ1) is 23.2. The molecule has 48 heavy (non-hydrogen) atoms. The van der Waals surface area contributed by atoms with Crippen molar-refractivity contribution >= 4 is 41.4 Å². The molecule has 0 aromatic heterocycles. The maximum Gasteiger partial charge on any atom is 0.336 e. The number of rotatable bonds is 14. The number of carbonyl (C=O) groups is 3. The van der Waals surface area contributed by atoms with E-state index in [-0.39, 0.29) is 22.7 Å². The van der Waals surface area contributed by atoms with E-state index in [2.05, 4.69) is 15.8 Å². The van der Waals surface area contributed by atoms with Crippen LogP contribution in [0.1, 0.15) is 45.7 Å². The lowest BCUT2D eigenvalue weighted by Gasteiger charge is -2.12. The molecule has 0 spiro atoms. The molecular weight excluding hydrogens is 620 g/mol. The summed E-state index contributed by atoms with van der Waals surface area (Å²) in [6.45, 7) is 4.55. The minimum atomic E-state index is -0.721. The quantitative estimate of drug-likeness (QED) is 0.0412. The topological polar surface area (TPSA) is 168 Å². The fourth-order valence-corrected chi connectivity index (χ4v) is 4.26. The van der Waals surface area contributed by atoms with Gasteiger partial charge in [0.1, 0.15) is 0 Å². The van der Waals surface area contributed by atoms with Crippen LogP contribution < -0.4 is 29.7 Å². The summed E-state index contributed by atoms with van der Waals surface area (Å²) in [6, 6.07) is 21.7. The van der Waals surface area contributed by atoms with E-state index in [0.29, 0.717) is 47.1 Å². The average molecular weight is 653 g/mol. The van der Waals surface area contributed by atoms with Crippen molar-refractivity contribution in [2.45, 2.75) is 13.8 Å². The first-order valence-corrected chi connectivity index (χ1v) is 14.7. The molecule has 13 nitrogen and oxygen atoms in total. The average Bonchev–Trinajstić information content (AvgIpc) is 3.09. The molecule has 4 aromatic carbocycles. The Kier molecular flexibility index (Phi) is 12.0. The summed E-state index contributed by atoms with van der Waals surface area (Å²) < 4.78 is 21.8. The number of hydrogen-bond donors (Lipinski definition) is 2. The summed E-state index contributed by atoms with van der Waals surface area (Å²) in [6.07, 6.45) is 3.92. The number of hydrazone groups is 1. The van der Waals surface area contributed by atoms with Gasteiger partial charge < -0.3 is 24.3 Å². The first kappa shape index (κ1) is 34.4. The number of nitro groups is 1. The van der Waals surface area contributed by atoms with Gasteiger partial charge in [0.2, 0.25) is 0 Å². The van der Waals surface area contributed by atoms with Gasteiger partial charge in [0, 0.05) is 35.0 Å². The molecule has 2 amide bonds. The summed E-state index contributed by atoms with van der Waals surface area (Å²) in [5, 5.41) is 17.7. The van der Waals surface area contributed by atoms with E-state index in [4.69, 9.17) is 18.9 Å². The molecule has 0 bridgehead atoms. The fourth-order valence-electron chi connectivity index (χ4n) is 4.26. The third kappa shape index (κ3) is 9.50. The molecule has 0 saturated carbocycles. The van der Waals surface area contributed by atoms with Crippen LogP contribution >= 0.6 is 0 Å². The van der Waals surface area contributed by atoms with Gasteiger partial charge in [0.15, 0.2) is 23.0 Å². The van der Waals surface area contributed by atoms with Crippen molar-refractivity contribution in [2.24, 2.45) is 5.10 Å². The van der Waals surface area contributed by atoms with Crippen molar-refractivity contribution in [1.82, 2.24) is 5.43 Å². The molecule has 0 aliphatic carbocycles. The van der Waals surface area contributed by atoms with E-state index in [1.54, 1.807) is 54.6 Å². The summed E-state index contributed by atoms with van der Waals surface area (Å²) in [7, 11) is 1.40. The molecule has 0 atom stereocenters.